The topological polar surface area (TPSA) is 103 Å². The Morgan fingerprint density at radius 3 is 2.62 bits per heavy atom. The van der Waals surface area contributed by atoms with Gasteiger partial charge in [0.2, 0.25) is 11.8 Å². The van der Waals surface area contributed by atoms with Gasteiger partial charge in [0.05, 0.1) is 23.2 Å². The molecule has 3 rings (SSSR count). The fourth-order valence-electron chi connectivity index (χ4n) is 2.40. The summed E-state index contributed by atoms with van der Waals surface area (Å²) in [5.74, 6) is -0.682. The van der Waals surface area contributed by atoms with E-state index in [1.54, 1.807) is 29.7 Å². The summed E-state index contributed by atoms with van der Waals surface area (Å²) in [4.78, 5) is 27.6. The number of anilines is 2. The minimum atomic E-state index is -0.489. The quantitative estimate of drug-likeness (QED) is 0.395. The van der Waals surface area contributed by atoms with Gasteiger partial charge in [-0.05, 0) is 42.3 Å². The van der Waals surface area contributed by atoms with Gasteiger partial charge in [0.15, 0.2) is 5.13 Å². The van der Waals surface area contributed by atoms with Crippen LogP contribution in [-0.4, -0.2) is 28.6 Å². The number of aryl methyl sites for hydroxylation is 1. The average molecular weight is 370 g/mol. The van der Waals surface area contributed by atoms with Gasteiger partial charge in [-0.25, -0.2) is 10.5 Å². The summed E-state index contributed by atoms with van der Waals surface area (Å²) in [6.07, 6.45) is 0.0728. The van der Waals surface area contributed by atoms with Crippen LogP contribution in [0.5, 0.6) is 0 Å². The Bertz CT molecular complexity index is 937. The molecule has 2 aromatic carbocycles. The first-order chi connectivity index (χ1) is 12.5. The number of nitrogens with zero attached hydrogens (tertiary/aromatic N) is 1. The summed E-state index contributed by atoms with van der Waals surface area (Å²) in [7, 11) is 0. The molecule has 26 heavy (non-hydrogen) atoms. The molecule has 0 aliphatic rings. The molecule has 7 nitrogen and oxygen atoms in total. The molecule has 0 bridgehead atoms. The van der Waals surface area contributed by atoms with Crippen molar-refractivity contribution in [2.24, 2.45) is 0 Å². The molecule has 0 saturated carbocycles. The Morgan fingerprint density at radius 1 is 1.12 bits per heavy atom. The predicted molar refractivity (Wildman–Crippen MR) is 102 cm³/mol. The smallest absolute Gasteiger partial charge is 0.247 e. The van der Waals surface area contributed by atoms with Crippen LogP contribution in [-0.2, 0) is 16.0 Å². The highest BCUT2D eigenvalue weighted by Gasteiger charge is 2.07. The molecular weight excluding hydrogens is 352 g/mol. The highest BCUT2D eigenvalue weighted by Crippen LogP contribution is 2.26. The van der Waals surface area contributed by atoms with Crippen molar-refractivity contribution in [2.45, 2.75) is 13.3 Å². The minimum absolute atomic E-state index is 0.0728. The SMILES string of the molecule is Cc1ccc2nc(NCC(=O)Nc3ccc(CC(=O)NO)cc3)sc2c1. The van der Waals surface area contributed by atoms with Gasteiger partial charge in [0, 0.05) is 5.69 Å². The van der Waals surface area contributed by atoms with Crippen LogP contribution >= 0.6 is 11.3 Å². The van der Waals surface area contributed by atoms with Crippen molar-refractivity contribution < 1.29 is 14.8 Å². The molecule has 1 aromatic heterocycles. The first-order valence-electron chi connectivity index (χ1n) is 7.96. The summed E-state index contributed by atoms with van der Waals surface area (Å²) < 4.78 is 1.08. The Balaban J connectivity index is 1.54. The van der Waals surface area contributed by atoms with Crippen LogP contribution in [0.1, 0.15) is 11.1 Å². The molecule has 0 unspecified atom stereocenters. The van der Waals surface area contributed by atoms with Gasteiger partial charge in [0.25, 0.3) is 0 Å². The Kier molecular flexibility index (Phi) is 5.45. The van der Waals surface area contributed by atoms with Gasteiger partial charge in [0.1, 0.15) is 0 Å². The molecular formula is C18H18N4O3S. The van der Waals surface area contributed by atoms with Crippen LogP contribution in [0.15, 0.2) is 42.5 Å². The molecule has 0 aliphatic heterocycles. The monoisotopic (exact) mass is 370 g/mol. The van der Waals surface area contributed by atoms with Gasteiger partial charge in [-0.2, -0.15) is 0 Å². The van der Waals surface area contributed by atoms with E-state index < -0.39 is 5.91 Å². The van der Waals surface area contributed by atoms with E-state index in [9.17, 15) is 9.59 Å². The summed E-state index contributed by atoms with van der Waals surface area (Å²) in [5, 5.41) is 15.0. The molecule has 8 heteroatoms. The molecule has 2 amide bonds. The Morgan fingerprint density at radius 2 is 1.88 bits per heavy atom. The van der Waals surface area contributed by atoms with Crippen molar-refractivity contribution in [1.29, 1.82) is 0 Å². The van der Waals surface area contributed by atoms with E-state index >= 15 is 0 Å². The summed E-state index contributed by atoms with van der Waals surface area (Å²) in [6.45, 7) is 2.13. The van der Waals surface area contributed by atoms with Gasteiger partial charge >= 0.3 is 0 Å². The normalized spacial score (nSPS) is 10.5. The van der Waals surface area contributed by atoms with Gasteiger partial charge < -0.3 is 10.6 Å². The zero-order chi connectivity index (χ0) is 18.5. The van der Waals surface area contributed by atoms with Gasteiger partial charge in [-0.1, -0.05) is 29.5 Å². The van der Waals surface area contributed by atoms with E-state index in [1.807, 2.05) is 19.1 Å². The van der Waals surface area contributed by atoms with Crippen LogP contribution in [0.4, 0.5) is 10.8 Å². The van der Waals surface area contributed by atoms with E-state index in [-0.39, 0.29) is 18.9 Å². The highest BCUT2D eigenvalue weighted by atomic mass is 32.1. The Hall–Kier alpha value is -2.97. The Labute approximate surface area is 154 Å². The number of nitrogens with one attached hydrogen (secondary N) is 3. The third-order valence-corrected chi connectivity index (χ3v) is 4.65. The van der Waals surface area contributed by atoms with Gasteiger partial charge in [-0.3, -0.25) is 14.8 Å². The number of carbonyl (C=O) groups is 2. The fourth-order valence-corrected chi connectivity index (χ4v) is 3.36. The van der Waals surface area contributed by atoms with Crippen molar-refractivity contribution in [2.75, 3.05) is 17.2 Å². The molecule has 0 fully saturated rings. The maximum atomic E-state index is 12.1. The minimum Gasteiger partial charge on any atom is -0.352 e. The van der Waals surface area contributed by atoms with E-state index in [0.29, 0.717) is 10.8 Å². The number of hydrogen-bond acceptors (Lipinski definition) is 6. The molecule has 1 heterocycles. The van der Waals surface area contributed by atoms with Crippen LogP contribution in [0, 0.1) is 6.92 Å². The highest BCUT2D eigenvalue weighted by molar-refractivity contribution is 7.22. The lowest BCUT2D eigenvalue weighted by atomic mass is 10.1. The van der Waals surface area contributed by atoms with E-state index in [2.05, 4.69) is 21.7 Å². The number of rotatable bonds is 6. The second kappa shape index (κ2) is 7.94. The molecule has 3 aromatic rings. The second-order valence-electron chi connectivity index (χ2n) is 5.80. The molecule has 0 atom stereocenters. The first-order valence-corrected chi connectivity index (χ1v) is 8.78. The number of hydroxylamine groups is 1. The van der Waals surface area contributed by atoms with E-state index in [1.165, 1.54) is 16.9 Å². The average Bonchev–Trinajstić information content (AvgIpc) is 3.03. The number of aromatic nitrogens is 1. The zero-order valence-corrected chi connectivity index (χ0v) is 14.9. The van der Waals surface area contributed by atoms with E-state index in [0.717, 1.165) is 15.8 Å². The third-order valence-electron chi connectivity index (χ3n) is 3.67. The van der Waals surface area contributed by atoms with Crippen molar-refractivity contribution in [1.82, 2.24) is 10.5 Å². The molecule has 4 N–H and O–H groups in total. The molecule has 0 radical (unpaired) electrons. The second-order valence-corrected chi connectivity index (χ2v) is 6.83. The lowest BCUT2D eigenvalue weighted by molar-refractivity contribution is -0.128. The number of carbonyl (C=O) groups excluding carboxylic acids is 2. The largest absolute Gasteiger partial charge is 0.352 e. The van der Waals surface area contributed by atoms with Crippen LogP contribution in [0.25, 0.3) is 10.2 Å². The summed E-state index contributed by atoms with van der Waals surface area (Å²) >= 11 is 1.51. The standard InChI is InChI=1S/C18H18N4O3S/c1-11-2-7-14-15(8-11)26-18(21-14)19-10-17(24)20-13-5-3-12(4-6-13)9-16(23)22-25/h2-8,25H,9-10H2,1H3,(H,19,21)(H,20,24)(H,22,23). The maximum absolute atomic E-state index is 12.1. The number of amides is 2. The summed E-state index contributed by atoms with van der Waals surface area (Å²) in [5.41, 5.74) is 5.03. The first kappa shape index (κ1) is 17.8. The lowest BCUT2D eigenvalue weighted by Crippen LogP contribution is -2.22. The van der Waals surface area contributed by atoms with Gasteiger partial charge in [-0.15, -0.1) is 0 Å². The molecule has 0 saturated heterocycles. The summed E-state index contributed by atoms with van der Waals surface area (Å²) in [6, 6.07) is 12.9. The molecule has 0 spiro atoms. The van der Waals surface area contributed by atoms with Crippen LogP contribution < -0.4 is 16.1 Å². The fraction of sp³-hybridized carbons (Fsp3) is 0.167. The van der Waals surface area contributed by atoms with Crippen molar-refractivity contribution in [3.05, 3.63) is 53.6 Å². The van der Waals surface area contributed by atoms with Crippen LogP contribution in [0.2, 0.25) is 0 Å². The van der Waals surface area contributed by atoms with Crippen molar-refractivity contribution >= 4 is 44.2 Å². The van der Waals surface area contributed by atoms with Crippen molar-refractivity contribution in [3.8, 4) is 0 Å². The number of thiazole rings is 1. The predicted octanol–water partition coefficient (Wildman–Crippen LogP) is 2.70. The van der Waals surface area contributed by atoms with E-state index in [4.69, 9.17) is 5.21 Å². The lowest BCUT2D eigenvalue weighted by Gasteiger charge is -2.07. The van der Waals surface area contributed by atoms with Crippen LogP contribution in [0.3, 0.4) is 0 Å². The number of fused-ring (bicyclic) bond motifs is 1. The molecule has 134 valence electrons. The maximum Gasteiger partial charge on any atom is 0.247 e. The zero-order valence-electron chi connectivity index (χ0n) is 14.1. The number of hydrogen-bond donors (Lipinski definition) is 4. The number of benzene rings is 2. The molecule has 0 aliphatic carbocycles. The van der Waals surface area contributed by atoms with Crippen molar-refractivity contribution in [3.63, 3.8) is 0 Å². The third kappa shape index (κ3) is 4.56.